The molecule has 0 aliphatic carbocycles. The molecule has 1 unspecified atom stereocenters. The van der Waals surface area contributed by atoms with Crippen LogP contribution in [0.5, 0.6) is 0 Å². The van der Waals surface area contributed by atoms with Crippen LogP contribution in [0.4, 0.5) is 4.79 Å². The van der Waals surface area contributed by atoms with Gasteiger partial charge < -0.3 is 10.1 Å². The highest BCUT2D eigenvalue weighted by Gasteiger charge is 2.09. The minimum Gasteiger partial charge on any atom is -0.450 e. The maximum Gasteiger partial charge on any atom is 0.407 e. The van der Waals surface area contributed by atoms with Crippen LogP contribution in [0.3, 0.4) is 0 Å². The molecule has 16 heavy (non-hydrogen) atoms. The van der Waals surface area contributed by atoms with E-state index in [0.29, 0.717) is 6.61 Å². The van der Waals surface area contributed by atoms with E-state index in [0.717, 1.165) is 18.4 Å². The van der Waals surface area contributed by atoms with Crippen molar-refractivity contribution in [3.8, 4) is 0 Å². The summed E-state index contributed by atoms with van der Waals surface area (Å²) in [7, 11) is 0. The lowest BCUT2D eigenvalue weighted by atomic mass is 10.1. The number of nitrogens with zero attached hydrogens (tertiary/aromatic N) is 1. The van der Waals surface area contributed by atoms with E-state index in [1.807, 2.05) is 19.1 Å². The summed E-state index contributed by atoms with van der Waals surface area (Å²) in [5.41, 5.74) is 0.968. The molecule has 1 amide bonds. The number of alkyl carbamates (subject to hydrolysis) is 1. The fourth-order valence-corrected chi connectivity index (χ4v) is 1.24. The first-order chi connectivity index (χ1) is 7.74. The summed E-state index contributed by atoms with van der Waals surface area (Å²) >= 11 is 0. The van der Waals surface area contributed by atoms with Crippen molar-refractivity contribution in [1.29, 1.82) is 0 Å². The predicted octanol–water partition coefficient (Wildman–Crippen LogP) is 2.67. The van der Waals surface area contributed by atoms with Gasteiger partial charge in [-0.2, -0.15) is 0 Å². The number of carbonyl (C=O) groups excluding carboxylic acids is 1. The largest absolute Gasteiger partial charge is 0.450 e. The highest BCUT2D eigenvalue weighted by Crippen LogP contribution is 2.09. The molecule has 0 fully saturated rings. The first-order valence-electron chi connectivity index (χ1n) is 5.57. The smallest absolute Gasteiger partial charge is 0.407 e. The average molecular weight is 222 g/mol. The van der Waals surface area contributed by atoms with Gasteiger partial charge in [0, 0.05) is 12.4 Å². The summed E-state index contributed by atoms with van der Waals surface area (Å²) in [6.45, 7) is 4.43. The van der Waals surface area contributed by atoms with Crippen LogP contribution in [0, 0.1) is 0 Å². The molecule has 0 aliphatic heterocycles. The number of rotatable bonds is 5. The molecule has 0 aromatic carbocycles. The Morgan fingerprint density at radius 3 is 3.06 bits per heavy atom. The van der Waals surface area contributed by atoms with Crippen molar-refractivity contribution >= 4 is 6.09 Å². The van der Waals surface area contributed by atoms with Gasteiger partial charge >= 0.3 is 6.09 Å². The Morgan fingerprint density at radius 1 is 1.62 bits per heavy atom. The minimum atomic E-state index is -0.371. The number of amides is 1. The van der Waals surface area contributed by atoms with Crippen molar-refractivity contribution in [2.75, 3.05) is 6.61 Å². The van der Waals surface area contributed by atoms with E-state index in [2.05, 4.69) is 17.2 Å². The van der Waals surface area contributed by atoms with Crippen molar-refractivity contribution in [2.45, 2.75) is 32.7 Å². The molecule has 0 spiro atoms. The highest BCUT2D eigenvalue weighted by atomic mass is 16.5. The van der Waals surface area contributed by atoms with Crippen LogP contribution in [-0.4, -0.2) is 17.7 Å². The molecule has 1 atom stereocenters. The molecule has 0 saturated carbocycles. The molecule has 4 nitrogen and oxygen atoms in total. The molecular weight excluding hydrogens is 204 g/mol. The SMILES string of the molecule is CCCCOC(=O)NC(C)c1cccnc1. The second-order valence-electron chi connectivity index (χ2n) is 3.64. The van der Waals surface area contributed by atoms with Crippen molar-refractivity contribution in [1.82, 2.24) is 10.3 Å². The van der Waals surface area contributed by atoms with Gasteiger partial charge in [0.1, 0.15) is 0 Å². The molecule has 0 saturated heterocycles. The van der Waals surface area contributed by atoms with E-state index in [9.17, 15) is 4.79 Å². The normalized spacial score (nSPS) is 11.9. The van der Waals surface area contributed by atoms with Crippen molar-refractivity contribution in [2.24, 2.45) is 0 Å². The second-order valence-corrected chi connectivity index (χ2v) is 3.64. The summed E-state index contributed by atoms with van der Waals surface area (Å²) in [5, 5.41) is 2.75. The Kier molecular flexibility index (Phi) is 5.32. The molecule has 1 aromatic heterocycles. The van der Waals surface area contributed by atoms with Crippen LogP contribution in [0.1, 0.15) is 38.3 Å². The van der Waals surface area contributed by atoms with Crippen LogP contribution in [0.25, 0.3) is 0 Å². The van der Waals surface area contributed by atoms with Gasteiger partial charge in [-0.15, -0.1) is 0 Å². The molecule has 1 N–H and O–H groups in total. The summed E-state index contributed by atoms with van der Waals surface area (Å²) in [6.07, 6.45) is 4.98. The molecule has 88 valence electrons. The number of carbonyl (C=O) groups is 1. The standard InChI is InChI=1S/C12H18N2O2/c1-3-4-8-16-12(15)14-10(2)11-6-5-7-13-9-11/h5-7,9-10H,3-4,8H2,1-2H3,(H,14,15). The zero-order valence-electron chi connectivity index (χ0n) is 9.77. The zero-order valence-corrected chi connectivity index (χ0v) is 9.77. The number of hydrogen-bond acceptors (Lipinski definition) is 3. The quantitative estimate of drug-likeness (QED) is 0.779. The Bertz CT molecular complexity index is 314. The third-order valence-electron chi connectivity index (χ3n) is 2.25. The Hall–Kier alpha value is -1.58. The Labute approximate surface area is 96.0 Å². The van der Waals surface area contributed by atoms with Crippen LogP contribution in [0.15, 0.2) is 24.5 Å². The summed E-state index contributed by atoms with van der Waals surface area (Å²) in [4.78, 5) is 15.3. The summed E-state index contributed by atoms with van der Waals surface area (Å²) < 4.78 is 5.00. The topological polar surface area (TPSA) is 51.2 Å². The summed E-state index contributed by atoms with van der Waals surface area (Å²) in [5.74, 6) is 0. The third kappa shape index (κ3) is 4.29. The van der Waals surface area contributed by atoms with Crippen LogP contribution in [-0.2, 0) is 4.74 Å². The molecular formula is C12H18N2O2. The van der Waals surface area contributed by atoms with Crippen LogP contribution in [0.2, 0.25) is 0 Å². The van der Waals surface area contributed by atoms with Gasteiger partial charge in [-0.05, 0) is 25.0 Å². The first kappa shape index (κ1) is 12.5. The van der Waals surface area contributed by atoms with E-state index < -0.39 is 0 Å². The van der Waals surface area contributed by atoms with Crippen LogP contribution >= 0.6 is 0 Å². The number of ether oxygens (including phenoxy) is 1. The monoisotopic (exact) mass is 222 g/mol. The molecule has 4 heteroatoms. The van der Waals surface area contributed by atoms with Gasteiger partial charge in [-0.3, -0.25) is 4.98 Å². The fraction of sp³-hybridized carbons (Fsp3) is 0.500. The van der Waals surface area contributed by atoms with Gasteiger partial charge in [-0.1, -0.05) is 19.4 Å². The first-order valence-corrected chi connectivity index (χ1v) is 5.57. The number of nitrogens with one attached hydrogen (secondary N) is 1. The highest BCUT2D eigenvalue weighted by molar-refractivity contribution is 5.67. The lowest BCUT2D eigenvalue weighted by Crippen LogP contribution is -2.27. The van der Waals surface area contributed by atoms with Crippen LogP contribution < -0.4 is 5.32 Å². The van der Waals surface area contributed by atoms with E-state index >= 15 is 0 Å². The van der Waals surface area contributed by atoms with Gasteiger partial charge in [-0.25, -0.2) is 4.79 Å². The molecule has 0 bridgehead atoms. The maximum absolute atomic E-state index is 11.3. The van der Waals surface area contributed by atoms with E-state index in [-0.39, 0.29) is 12.1 Å². The Balaban J connectivity index is 2.34. The number of hydrogen-bond donors (Lipinski definition) is 1. The second kappa shape index (κ2) is 6.82. The maximum atomic E-state index is 11.3. The van der Waals surface area contributed by atoms with Gasteiger partial charge in [0.2, 0.25) is 0 Å². The molecule has 1 aromatic rings. The van der Waals surface area contributed by atoms with E-state index in [1.54, 1.807) is 12.4 Å². The number of pyridine rings is 1. The molecule has 0 radical (unpaired) electrons. The van der Waals surface area contributed by atoms with Gasteiger partial charge in [0.15, 0.2) is 0 Å². The molecule has 1 rings (SSSR count). The van der Waals surface area contributed by atoms with E-state index in [4.69, 9.17) is 4.74 Å². The summed E-state index contributed by atoms with van der Waals surface area (Å²) in [6, 6.07) is 3.68. The van der Waals surface area contributed by atoms with E-state index in [1.165, 1.54) is 0 Å². The van der Waals surface area contributed by atoms with Crippen molar-refractivity contribution in [3.05, 3.63) is 30.1 Å². The Morgan fingerprint density at radius 2 is 2.44 bits per heavy atom. The minimum absolute atomic E-state index is 0.0807. The van der Waals surface area contributed by atoms with Crippen molar-refractivity contribution < 1.29 is 9.53 Å². The zero-order chi connectivity index (χ0) is 11.8. The van der Waals surface area contributed by atoms with Gasteiger partial charge in [0.05, 0.1) is 12.6 Å². The van der Waals surface area contributed by atoms with Crippen molar-refractivity contribution in [3.63, 3.8) is 0 Å². The number of unbranched alkanes of at least 4 members (excludes halogenated alkanes) is 1. The number of aromatic nitrogens is 1. The molecule has 1 heterocycles. The average Bonchev–Trinajstić information content (AvgIpc) is 2.30. The molecule has 0 aliphatic rings. The fourth-order valence-electron chi connectivity index (χ4n) is 1.24. The lowest BCUT2D eigenvalue weighted by molar-refractivity contribution is 0.141. The van der Waals surface area contributed by atoms with Gasteiger partial charge in [0.25, 0.3) is 0 Å². The third-order valence-corrected chi connectivity index (χ3v) is 2.25. The predicted molar refractivity (Wildman–Crippen MR) is 62.0 cm³/mol. The lowest BCUT2D eigenvalue weighted by Gasteiger charge is -2.13.